The van der Waals surface area contributed by atoms with Gasteiger partial charge in [0.2, 0.25) is 0 Å². The molecule has 0 saturated heterocycles. The zero-order chi connectivity index (χ0) is 23.7. The van der Waals surface area contributed by atoms with Crippen LogP contribution in [0.5, 0.6) is 0 Å². The zero-order valence-corrected chi connectivity index (χ0v) is 19.7. The number of carboxylic acid groups (broad SMARTS) is 1. The summed E-state index contributed by atoms with van der Waals surface area (Å²) in [6.45, 7) is 0.129. The molecule has 3 aromatic rings. The molecular formula is C29H28ClNO3. The summed E-state index contributed by atoms with van der Waals surface area (Å²) in [5.41, 5.74) is 5.46. The van der Waals surface area contributed by atoms with Gasteiger partial charge in [0, 0.05) is 22.5 Å². The van der Waals surface area contributed by atoms with Crippen LogP contribution < -0.4 is 5.32 Å². The van der Waals surface area contributed by atoms with Gasteiger partial charge in [-0.1, -0.05) is 66.6 Å². The lowest BCUT2D eigenvalue weighted by atomic mass is 9.64. The fraction of sp³-hybridized carbons (Fsp3) is 0.310. The van der Waals surface area contributed by atoms with Crippen molar-refractivity contribution in [1.82, 2.24) is 5.32 Å². The van der Waals surface area contributed by atoms with Crippen LogP contribution in [0.3, 0.4) is 0 Å². The molecule has 2 N–H and O–H groups in total. The molecule has 3 aromatic carbocycles. The van der Waals surface area contributed by atoms with E-state index in [1.807, 2.05) is 36.4 Å². The van der Waals surface area contributed by atoms with Crippen LogP contribution in [0.25, 0.3) is 11.1 Å². The number of amides is 1. The first-order chi connectivity index (χ1) is 16.5. The van der Waals surface area contributed by atoms with Crippen molar-refractivity contribution >= 4 is 23.5 Å². The maximum atomic E-state index is 12.4. The Kier molecular flexibility index (Phi) is 6.18. The van der Waals surface area contributed by atoms with E-state index >= 15 is 0 Å². The van der Waals surface area contributed by atoms with Crippen molar-refractivity contribution in [2.45, 2.75) is 37.5 Å². The first-order valence-corrected chi connectivity index (χ1v) is 12.3. The van der Waals surface area contributed by atoms with E-state index in [9.17, 15) is 9.59 Å². The first kappa shape index (κ1) is 22.7. The van der Waals surface area contributed by atoms with Gasteiger partial charge in [0.25, 0.3) is 5.91 Å². The number of carbonyl (C=O) groups excluding carboxylic acids is 1. The molecular weight excluding hydrogens is 446 g/mol. The summed E-state index contributed by atoms with van der Waals surface area (Å²) in [6, 6.07) is 24.8. The first-order valence-electron chi connectivity index (χ1n) is 11.9. The highest BCUT2D eigenvalue weighted by Gasteiger charge is 2.52. The van der Waals surface area contributed by atoms with Crippen LogP contribution >= 0.6 is 11.6 Å². The second-order valence-electron chi connectivity index (χ2n) is 9.61. The topological polar surface area (TPSA) is 66.4 Å². The van der Waals surface area contributed by atoms with Gasteiger partial charge in [0.1, 0.15) is 0 Å². The van der Waals surface area contributed by atoms with Crippen LogP contribution in [-0.4, -0.2) is 23.5 Å². The maximum absolute atomic E-state index is 12.4. The third-order valence-corrected chi connectivity index (χ3v) is 7.97. The lowest BCUT2D eigenvalue weighted by molar-refractivity contribution is -0.136. The molecule has 2 fully saturated rings. The average molecular weight is 474 g/mol. The summed E-state index contributed by atoms with van der Waals surface area (Å²) in [4.78, 5) is 23.1. The molecule has 2 aliphatic carbocycles. The minimum absolute atomic E-state index is 0.0280. The number of carboxylic acids is 1. The van der Waals surface area contributed by atoms with E-state index in [0.29, 0.717) is 11.5 Å². The Morgan fingerprint density at radius 3 is 2.00 bits per heavy atom. The van der Waals surface area contributed by atoms with Crippen LogP contribution in [0.4, 0.5) is 0 Å². The van der Waals surface area contributed by atoms with Crippen molar-refractivity contribution in [3.05, 3.63) is 94.5 Å². The van der Waals surface area contributed by atoms with Gasteiger partial charge in [0.15, 0.2) is 0 Å². The highest BCUT2D eigenvalue weighted by atomic mass is 35.5. The molecule has 5 heteroatoms. The summed E-state index contributed by atoms with van der Waals surface area (Å²) in [5, 5.41) is 12.2. The summed E-state index contributed by atoms with van der Waals surface area (Å²) in [7, 11) is 0. The molecule has 3 atom stereocenters. The van der Waals surface area contributed by atoms with E-state index in [-0.39, 0.29) is 24.3 Å². The molecule has 174 valence electrons. The molecule has 2 aliphatic rings. The van der Waals surface area contributed by atoms with Crippen molar-refractivity contribution in [3.63, 3.8) is 0 Å². The number of carbonyl (C=O) groups is 2. The van der Waals surface area contributed by atoms with Crippen molar-refractivity contribution in [3.8, 4) is 11.1 Å². The average Bonchev–Trinajstić information content (AvgIpc) is 3.47. The molecule has 1 amide bonds. The number of hydrogen-bond donors (Lipinski definition) is 2. The number of nitrogens with one attached hydrogen (secondary N) is 1. The van der Waals surface area contributed by atoms with Crippen molar-refractivity contribution in [2.24, 2.45) is 11.8 Å². The second kappa shape index (κ2) is 9.27. The number of rotatable bonds is 7. The van der Waals surface area contributed by atoms with E-state index < -0.39 is 5.97 Å². The Morgan fingerprint density at radius 1 is 0.882 bits per heavy atom. The third kappa shape index (κ3) is 4.23. The van der Waals surface area contributed by atoms with Crippen LogP contribution in [0.2, 0.25) is 5.02 Å². The van der Waals surface area contributed by atoms with E-state index in [0.717, 1.165) is 22.9 Å². The lowest BCUT2D eigenvalue weighted by Gasteiger charge is -2.39. The quantitative estimate of drug-likeness (QED) is 0.422. The Morgan fingerprint density at radius 2 is 1.47 bits per heavy atom. The van der Waals surface area contributed by atoms with Gasteiger partial charge >= 0.3 is 5.97 Å². The monoisotopic (exact) mass is 473 g/mol. The largest absolute Gasteiger partial charge is 0.481 e. The molecule has 3 unspecified atom stereocenters. The van der Waals surface area contributed by atoms with Gasteiger partial charge in [0.05, 0.1) is 6.42 Å². The Hall–Kier alpha value is -3.11. The molecule has 5 rings (SSSR count). The molecule has 2 saturated carbocycles. The second-order valence-corrected chi connectivity index (χ2v) is 10.0. The molecule has 34 heavy (non-hydrogen) atoms. The van der Waals surface area contributed by atoms with Crippen LogP contribution in [-0.2, 0) is 10.2 Å². The normalized spacial score (nSPS) is 23.1. The standard InChI is InChI=1S/C29H28ClNO3/c30-26-13-6-21(7-14-26)20-2-9-23(10-3-20)29(18-19-1-8-25(29)17-19)24-11-4-22(5-12-24)28(34)31-16-15-27(32)33/h2-7,9-14,19,25H,1,8,15-18H2,(H,31,34)(H,32,33). The van der Waals surface area contributed by atoms with Crippen molar-refractivity contribution in [2.75, 3.05) is 6.54 Å². The smallest absolute Gasteiger partial charge is 0.305 e. The highest BCUT2D eigenvalue weighted by Crippen LogP contribution is 2.60. The number of hydrogen-bond acceptors (Lipinski definition) is 2. The van der Waals surface area contributed by atoms with Gasteiger partial charge in [-0.3, -0.25) is 9.59 Å². The van der Waals surface area contributed by atoms with Gasteiger partial charge in [-0.05, 0) is 77.6 Å². The molecule has 0 aliphatic heterocycles. The molecule has 0 aromatic heterocycles. The van der Waals surface area contributed by atoms with Gasteiger partial charge < -0.3 is 10.4 Å². The number of benzene rings is 3. The minimum Gasteiger partial charge on any atom is -0.481 e. The lowest BCUT2D eigenvalue weighted by Crippen LogP contribution is -2.34. The van der Waals surface area contributed by atoms with Crippen molar-refractivity contribution < 1.29 is 14.7 Å². The highest BCUT2D eigenvalue weighted by molar-refractivity contribution is 6.30. The van der Waals surface area contributed by atoms with Crippen LogP contribution in [0.1, 0.15) is 53.6 Å². The summed E-state index contributed by atoms with van der Waals surface area (Å²) < 4.78 is 0. The van der Waals surface area contributed by atoms with Gasteiger partial charge in [-0.25, -0.2) is 0 Å². The molecule has 4 nitrogen and oxygen atoms in total. The summed E-state index contributed by atoms with van der Waals surface area (Å²) in [6.07, 6.45) is 4.86. The predicted molar refractivity (Wildman–Crippen MR) is 134 cm³/mol. The third-order valence-electron chi connectivity index (χ3n) is 7.71. The number of halogens is 1. The molecule has 0 heterocycles. The predicted octanol–water partition coefficient (Wildman–Crippen LogP) is 6.32. The maximum Gasteiger partial charge on any atom is 0.305 e. The Labute approximate surface area is 205 Å². The molecule has 0 radical (unpaired) electrons. The number of fused-ring (bicyclic) bond motifs is 2. The Balaban J connectivity index is 1.43. The molecule has 0 spiro atoms. The summed E-state index contributed by atoms with van der Waals surface area (Å²) >= 11 is 6.05. The summed E-state index contributed by atoms with van der Waals surface area (Å²) in [5.74, 6) is 0.201. The number of aliphatic carboxylic acids is 1. The van der Waals surface area contributed by atoms with E-state index in [4.69, 9.17) is 16.7 Å². The van der Waals surface area contributed by atoms with Gasteiger partial charge in [-0.2, -0.15) is 0 Å². The van der Waals surface area contributed by atoms with Crippen LogP contribution in [0.15, 0.2) is 72.8 Å². The van der Waals surface area contributed by atoms with Crippen molar-refractivity contribution in [1.29, 1.82) is 0 Å². The van der Waals surface area contributed by atoms with E-state index in [1.165, 1.54) is 36.0 Å². The fourth-order valence-electron chi connectivity index (χ4n) is 6.11. The SMILES string of the molecule is O=C(O)CCNC(=O)c1ccc(C2(c3ccc(-c4ccc(Cl)cc4)cc3)CC3CCC2C3)cc1. The Bertz CT molecular complexity index is 1190. The molecule has 2 bridgehead atoms. The van der Waals surface area contributed by atoms with Gasteiger partial charge in [-0.15, -0.1) is 0 Å². The zero-order valence-electron chi connectivity index (χ0n) is 19.0. The fourth-order valence-corrected chi connectivity index (χ4v) is 6.24. The van der Waals surface area contributed by atoms with Crippen LogP contribution in [0, 0.1) is 11.8 Å². The van der Waals surface area contributed by atoms with E-state index in [2.05, 4.69) is 41.7 Å². The minimum atomic E-state index is -0.920. The van der Waals surface area contributed by atoms with E-state index in [1.54, 1.807) is 0 Å².